The summed E-state index contributed by atoms with van der Waals surface area (Å²) in [5.41, 5.74) is 1.15. The van der Waals surface area contributed by atoms with Gasteiger partial charge in [0.2, 0.25) is 10.0 Å². The molecule has 1 atom stereocenters. The van der Waals surface area contributed by atoms with Crippen molar-refractivity contribution in [1.82, 2.24) is 14.2 Å². The highest BCUT2D eigenvalue weighted by Gasteiger charge is 2.27. The molecule has 7 heteroatoms. The van der Waals surface area contributed by atoms with Crippen LogP contribution in [-0.4, -0.2) is 37.5 Å². The lowest BCUT2D eigenvalue weighted by Crippen LogP contribution is -2.37. The first-order valence-electron chi connectivity index (χ1n) is 7.46. The van der Waals surface area contributed by atoms with Gasteiger partial charge in [0.15, 0.2) is 0 Å². The van der Waals surface area contributed by atoms with Crippen molar-refractivity contribution in [3.63, 3.8) is 0 Å². The number of aryl methyl sites for hydroxylation is 1. The predicted molar refractivity (Wildman–Crippen MR) is 88.5 cm³/mol. The van der Waals surface area contributed by atoms with Crippen molar-refractivity contribution in [3.8, 4) is 0 Å². The maximum absolute atomic E-state index is 12.3. The molecule has 0 unspecified atom stereocenters. The normalized spacial score (nSPS) is 17.9. The largest absolute Gasteiger partial charge is 0.353 e. The molecule has 120 valence electrons. The van der Waals surface area contributed by atoms with E-state index in [0.29, 0.717) is 10.8 Å². The van der Waals surface area contributed by atoms with E-state index in [1.54, 1.807) is 17.5 Å². The van der Waals surface area contributed by atoms with E-state index in [1.165, 1.54) is 24.2 Å². The standard InChI is InChI=1S/C15H21N3O2S2/c1-17-8-4-6-13(17)14(18-9-2-3-10-18)12-16-22(19,20)15-7-5-11-21-15/h4-8,11,14,16H,2-3,9-10,12H2,1H3/t14-/m1/s1. The van der Waals surface area contributed by atoms with Crippen LogP contribution in [0.2, 0.25) is 0 Å². The van der Waals surface area contributed by atoms with Gasteiger partial charge in [-0.2, -0.15) is 0 Å². The first kappa shape index (κ1) is 15.7. The second-order valence-corrected chi connectivity index (χ2v) is 8.53. The number of rotatable bonds is 6. The molecular formula is C15H21N3O2S2. The number of sulfonamides is 1. The Morgan fingerprint density at radius 2 is 2.05 bits per heavy atom. The molecule has 3 rings (SSSR count). The van der Waals surface area contributed by atoms with E-state index >= 15 is 0 Å². The lowest BCUT2D eigenvalue weighted by Gasteiger charge is -2.28. The summed E-state index contributed by atoms with van der Waals surface area (Å²) in [4.78, 5) is 2.37. The third-order valence-corrected chi connectivity index (χ3v) is 6.95. The monoisotopic (exact) mass is 339 g/mol. The van der Waals surface area contributed by atoms with Crippen LogP contribution in [0.4, 0.5) is 0 Å². The Bertz CT molecular complexity index is 701. The molecule has 5 nitrogen and oxygen atoms in total. The Kier molecular flexibility index (Phi) is 4.67. The number of hydrogen-bond donors (Lipinski definition) is 1. The molecule has 0 amide bonds. The van der Waals surface area contributed by atoms with Crippen molar-refractivity contribution in [2.75, 3.05) is 19.6 Å². The Morgan fingerprint density at radius 3 is 2.64 bits per heavy atom. The molecule has 0 aliphatic carbocycles. The van der Waals surface area contributed by atoms with Gasteiger partial charge in [0.25, 0.3) is 0 Å². The highest BCUT2D eigenvalue weighted by Crippen LogP contribution is 2.25. The van der Waals surface area contributed by atoms with Gasteiger partial charge in [-0.1, -0.05) is 6.07 Å². The Balaban J connectivity index is 1.78. The molecule has 2 aromatic rings. The molecule has 0 saturated carbocycles. The van der Waals surface area contributed by atoms with Crippen LogP contribution >= 0.6 is 11.3 Å². The van der Waals surface area contributed by atoms with Gasteiger partial charge in [-0.05, 0) is 49.5 Å². The van der Waals surface area contributed by atoms with Crippen LogP contribution in [-0.2, 0) is 17.1 Å². The summed E-state index contributed by atoms with van der Waals surface area (Å²) in [5.74, 6) is 0. The molecular weight excluding hydrogens is 318 g/mol. The van der Waals surface area contributed by atoms with E-state index in [9.17, 15) is 8.42 Å². The van der Waals surface area contributed by atoms with Gasteiger partial charge in [-0.25, -0.2) is 13.1 Å². The minimum absolute atomic E-state index is 0.0808. The van der Waals surface area contributed by atoms with E-state index in [1.807, 2.05) is 19.3 Å². The fourth-order valence-electron chi connectivity index (χ4n) is 2.97. The smallest absolute Gasteiger partial charge is 0.250 e. The van der Waals surface area contributed by atoms with Gasteiger partial charge >= 0.3 is 0 Å². The number of nitrogens with zero attached hydrogens (tertiary/aromatic N) is 2. The minimum Gasteiger partial charge on any atom is -0.353 e. The van der Waals surface area contributed by atoms with Gasteiger partial charge in [0.1, 0.15) is 4.21 Å². The van der Waals surface area contributed by atoms with Crippen LogP contribution in [0.5, 0.6) is 0 Å². The van der Waals surface area contributed by atoms with Gasteiger partial charge in [-0.3, -0.25) is 4.90 Å². The quantitative estimate of drug-likeness (QED) is 0.878. The second-order valence-electron chi connectivity index (χ2n) is 5.59. The molecule has 1 fully saturated rings. The lowest BCUT2D eigenvalue weighted by molar-refractivity contribution is 0.238. The molecule has 0 bridgehead atoms. The predicted octanol–water partition coefficient (Wildman–Crippen LogP) is 2.20. The molecule has 1 aliphatic heterocycles. The third kappa shape index (κ3) is 3.27. The number of hydrogen-bond acceptors (Lipinski definition) is 4. The third-order valence-electron chi connectivity index (χ3n) is 4.13. The second kappa shape index (κ2) is 6.54. The van der Waals surface area contributed by atoms with Gasteiger partial charge < -0.3 is 4.57 Å². The SMILES string of the molecule is Cn1cccc1[C@@H](CNS(=O)(=O)c1cccs1)N1CCCC1. The van der Waals surface area contributed by atoms with Gasteiger partial charge in [-0.15, -0.1) is 11.3 Å². The van der Waals surface area contributed by atoms with Crippen molar-refractivity contribution in [2.45, 2.75) is 23.1 Å². The van der Waals surface area contributed by atoms with Gasteiger partial charge in [0, 0.05) is 25.5 Å². The van der Waals surface area contributed by atoms with Crippen LogP contribution in [0.25, 0.3) is 0 Å². The van der Waals surface area contributed by atoms with E-state index in [-0.39, 0.29) is 6.04 Å². The maximum atomic E-state index is 12.3. The summed E-state index contributed by atoms with van der Waals surface area (Å²) in [7, 11) is -1.41. The highest BCUT2D eigenvalue weighted by molar-refractivity contribution is 7.91. The Hall–Kier alpha value is -1.15. The first-order valence-corrected chi connectivity index (χ1v) is 9.83. The van der Waals surface area contributed by atoms with Crippen molar-refractivity contribution < 1.29 is 8.42 Å². The van der Waals surface area contributed by atoms with Gasteiger partial charge in [0.05, 0.1) is 6.04 Å². The van der Waals surface area contributed by atoms with E-state index in [2.05, 4.69) is 20.3 Å². The number of nitrogens with one attached hydrogen (secondary N) is 1. The summed E-state index contributed by atoms with van der Waals surface area (Å²) in [6.07, 6.45) is 4.36. The molecule has 1 saturated heterocycles. The molecule has 0 radical (unpaired) electrons. The van der Waals surface area contributed by atoms with E-state index in [4.69, 9.17) is 0 Å². The van der Waals surface area contributed by atoms with Crippen LogP contribution in [0.3, 0.4) is 0 Å². The summed E-state index contributed by atoms with van der Waals surface area (Å²) < 4.78 is 29.9. The van der Waals surface area contributed by atoms with Crippen LogP contribution in [0, 0.1) is 0 Å². The lowest BCUT2D eigenvalue weighted by atomic mass is 10.2. The molecule has 1 N–H and O–H groups in total. The number of likely N-dealkylation sites (tertiary alicyclic amines) is 1. The zero-order valence-electron chi connectivity index (χ0n) is 12.6. The molecule has 0 aromatic carbocycles. The highest BCUT2D eigenvalue weighted by atomic mass is 32.2. The summed E-state index contributed by atoms with van der Waals surface area (Å²) in [6, 6.07) is 7.56. The Labute approximate surface area is 135 Å². The van der Waals surface area contributed by atoms with Crippen molar-refractivity contribution in [1.29, 1.82) is 0 Å². The summed E-state index contributed by atoms with van der Waals surface area (Å²) in [5, 5.41) is 1.78. The zero-order chi connectivity index (χ0) is 15.6. The molecule has 2 aromatic heterocycles. The topological polar surface area (TPSA) is 54.3 Å². The van der Waals surface area contributed by atoms with Crippen molar-refractivity contribution in [2.24, 2.45) is 7.05 Å². The fourth-order valence-corrected chi connectivity index (χ4v) is 5.05. The number of aromatic nitrogens is 1. The fraction of sp³-hybridized carbons (Fsp3) is 0.467. The average molecular weight is 339 g/mol. The zero-order valence-corrected chi connectivity index (χ0v) is 14.2. The summed E-state index contributed by atoms with van der Waals surface area (Å²) in [6.45, 7) is 2.45. The van der Waals surface area contributed by atoms with Crippen molar-refractivity contribution >= 4 is 21.4 Å². The molecule has 22 heavy (non-hydrogen) atoms. The van der Waals surface area contributed by atoms with Crippen LogP contribution in [0.1, 0.15) is 24.6 Å². The van der Waals surface area contributed by atoms with E-state index < -0.39 is 10.0 Å². The Morgan fingerprint density at radius 1 is 1.27 bits per heavy atom. The minimum atomic E-state index is -3.41. The summed E-state index contributed by atoms with van der Waals surface area (Å²) >= 11 is 1.25. The molecule has 0 spiro atoms. The van der Waals surface area contributed by atoms with E-state index in [0.717, 1.165) is 18.8 Å². The molecule has 3 heterocycles. The van der Waals surface area contributed by atoms with Crippen molar-refractivity contribution in [3.05, 3.63) is 41.5 Å². The average Bonchev–Trinajstić information content (AvgIpc) is 3.21. The first-order chi connectivity index (χ1) is 10.6. The molecule has 1 aliphatic rings. The maximum Gasteiger partial charge on any atom is 0.250 e. The number of thiophene rings is 1. The van der Waals surface area contributed by atoms with Crippen LogP contribution < -0.4 is 4.72 Å². The van der Waals surface area contributed by atoms with Crippen LogP contribution in [0.15, 0.2) is 40.1 Å².